The molecule has 3 rings (SSSR count). The second-order valence-electron chi connectivity index (χ2n) is 3.75. The quantitative estimate of drug-likeness (QED) is 0.656. The number of nitrogens with two attached hydrogens (primary N) is 1. The minimum absolute atomic E-state index is 0.175. The van der Waals surface area contributed by atoms with Crippen LogP contribution in [0.3, 0.4) is 0 Å². The lowest BCUT2D eigenvalue weighted by molar-refractivity contribution is 0.906. The van der Waals surface area contributed by atoms with Crippen molar-refractivity contribution >= 4 is 11.5 Å². The van der Waals surface area contributed by atoms with Gasteiger partial charge in [-0.05, 0) is 0 Å². The van der Waals surface area contributed by atoms with E-state index in [0.717, 1.165) is 5.56 Å². The van der Waals surface area contributed by atoms with Crippen molar-refractivity contribution in [1.29, 1.82) is 0 Å². The molecular weight excluding hydrogens is 216 g/mol. The maximum Gasteiger partial charge on any atom is 0.273 e. The van der Waals surface area contributed by atoms with Gasteiger partial charge in [0.2, 0.25) is 0 Å². The van der Waals surface area contributed by atoms with E-state index in [9.17, 15) is 4.79 Å². The van der Waals surface area contributed by atoms with E-state index in [-0.39, 0.29) is 5.56 Å². The fourth-order valence-electron chi connectivity index (χ4n) is 1.77. The molecule has 2 heterocycles. The van der Waals surface area contributed by atoms with Gasteiger partial charge in [-0.15, -0.1) is 0 Å². The molecule has 0 aliphatic rings. The largest absolute Gasteiger partial charge is 0.384 e. The van der Waals surface area contributed by atoms with Gasteiger partial charge in [0.25, 0.3) is 5.56 Å². The molecule has 0 saturated carbocycles. The monoisotopic (exact) mass is 226 g/mol. The number of benzene rings is 1. The second-order valence-corrected chi connectivity index (χ2v) is 3.75. The highest BCUT2D eigenvalue weighted by atomic mass is 16.1. The number of nitrogens with one attached hydrogen (secondary N) is 1. The lowest BCUT2D eigenvalue weighted by Gasteiger charge is -2.00. The van der Waals surface area contributed by atoms with Gasteiger partial charge in [0.05, 0.1) is 5.69 Å². The van der Waals surface area contributed by atoms with Crippen LogP contribution >= 0.6 is 0 Å². The fourth-order valence-corrected chi connectivity index (χ4v) is 1.77. The molecule has 0 spiro atoms. The zero-order chi connectivity index (χ0) is 11.8. The number of H-pyrrole nitrogens is 1. The van der Waals surface area contributed by atoms with Gasteiger partial charge in [-0.25, -0.2) is 4.98 Å². The zero-order valence-electron chi connectivity index (χ0n) is 8.92. The molecular formula is C12H10N4O. The number of hydrogen-bond acceptors (Lipinski definition) is 3. The van der Waals surface area contributed by atoms with E-state index in [2.05, 4.69) is 10.1 Å². The summed E-state index contributed by atoms with van der Waals surface area (Å²) in [5, 5.41) is 2.72. The molecule has 3 N–H and O–H groups in total. The van der Waals surface area contributed by atoms with Crippen molar-refractivity contribution in [3.63, 3.8) is 0 Å². The Bertz CT molecular complexity index is 727. The standard InChI is InChI=1S/C12H10N4O/c13-10-7-11-14-9(6-12(17)16(11)15-10)8-4-2-1-3-5-8/h1-7,15H,13H2. The van der Waals surface area contributed by atoms with Crippen LogP contribution in [-0.4, -0.2) is 14.6 Å². The highest BCUT2D eigenvalue weighted by molar-refractivity contribution is 5.62. The van der Waals surface area contributed by atoms with Gasteiger partial charge < -0.3 is 5.73 Å². The first-order valence-corrected chi connectivity index (χ1v) is 5.18. The molecule has 0 aliphatic carbocycles. The predicted octanol–water partition coefficient (Wildman–Crippen LogP) is 1.27. The Balaban J connectivity index is 2.29. The fraction of sp³-hybridized carbons (Fsp3) is 0. The maximum atomic E-state index is 11.8. The average Bonchev–Trinajstić information content (AvgIpc) is 2.71. The average molecular weight is 226 g/mol. The smallest absolute Gasteiger partial charge is 0.273 e. The Hall–Kier alpha value is -2.56. The Kier molecular flexibility index (Phi) is 1.98. The van der Waals surface area contributed by atoms with Gasteiger partial charge in [-0.1, -0.05) is 30.3 Å². The van der Waals surface area contributed by atoms with Crippen molar-refractivity contribution in [2.24, 2.45) is 0 Å². The molecule has 17 heavy (non-hydrogen) atoms. The third-order valence-corrected chi connectivity index (χ3v) is 2.54. The van der Waals surface area contributed by atoms with Crippen LogP contribution in [0.2, 0.25) is 0 Å². The molecule has 5 nitrogen and oxygen atoms in total. The number of rotatable bonds is 1. The molecule has 5 heteroatoms. The predicted molar refractivity (Wildman–Crippen MR) is 65.7 cm³/mol. The third kappa shape index (κ3) is 1.57. The SMILES string of the molecule is Nc1cc2nc(-c3ccccc3)cc(=O)n2[nH]1. The van der Waals surface area contributed by atoms with Crippen molar-refractivity contribution in [1.82, 2.24) is 14.6 Å². The normalized spacial score (nSPS) is 10.8. The Morgan fingerprint density at radius 3 is 2.71 bits per heavy atom. The van der Waals surface area contributed by atoms with E-state index >= 15 is 0 Å². The van der Waals surface area contributed by atoms with Crippen LogP contribution in [0.25, 0.3) is 16.9 Å². The van der Waals surface area contributed by atoms with Crippen molar-refractivity contribution in [2.45, 2.75) is 0 Å². The van der Waals surface area contributed by atoms with Crippen LogP contribution in [0, 0.1) is 0 Å². The van der Waals surface area contributed by atoms with Gasteiger partial charge in [-0.2, -0.15) is 4.52 Å². The first-order valence-electron chi connectivity index (χ1n) is 5.18. The van der Waals surface area contributed by atoms with Crippen LogP contribution in [0.15, 0.2) is 47.3 Å². The molecule has 0 amide bonds. The number of anilines is 1. The molecule has 0 bridgehead atoms. The van der Waals surface area contributed by atoms with E-state index in [1.165, 1.54) is 10.6 Å². The molecule has 3 aromatic rings. The van der Waals surface area contributed by atoms with Gasteiger partial charge in [0, 0.05) is 17.7 Å². The summed E-state index contributed by atoms with van der Waals surface area (Å²) in [5.41, 5.74) is 7.50. The minimum Gasteiger partial charge on any atom is -0.384 e. The lowest BCUT2D eigenvalue weighted by Crippen LogP contribution is -2.14. The molecule has 0 unspecified atom stereocenters. The van der Waals surface area contributed by atoms with Gasteiger partial charge >= 0.3 is 0 Å². The molecule has 84 valence electrons. The van der Waals surface area contributed by atoms with Crippen molar-refractivity contribution in [3.05, 3.63) is 52.8 Å². The van der Waals surface area contributed by atoms with Crippen LogP contribution in [-0.2, 0) is 0 Å². The summed E-state index contributed by atoms with van der Waals surface area (Å²) in [7, 11) is 0. The number of aromatic nitrogens is 3. The van der Waals surface area contributed by atoms with Gasteiger partial charge in [0.15, 0.2) is 5.65 Å². The van der Waals surface area contributed by atoms with Gasteiger partial charge in [-0.3, -0.25) is 9.89 Å². The summed E-state index contributed by atoms with van der Waals surface area (Å²) in [6.07, 6.45) is 0. The third-order valence-electron chi connectivity index (χ3n) is 2.54. The highest BCUT2D eigenvalue weighted by Crippen LogP contribution is 2.15. The van der Waals surface area contributed by atoms with Crippen molar-refractivity contribution < 1.29 is 0 Å². The van der Waals surface area contributed by atoms with Gasteiger partial charge in [0.1, 0.15) is 5.82 Å². The Labute approximate surface area is 96.5 Å². The zero-order valence-corrected chi connectivity index (χ0v) is 8.92. The summed E-state index contributed by atoms with van der Waals surface area (Å²) in [6.45, 7) is 0. The number of fused-ring (bicyclic) bond motifs is 1. The molecule has 0 radical (unpaired) electrons. The topological polar surface area (TPSA) is 76.2 Å². The summed E-state index contributed by atoms with van der Waals surface area (Å²) in [6, 6.07) is 12.7. The number of hydrogen-bond donors (Lipinski definition) is 2. The molecule has 0 fully saturated rings. The molecule has 0 aliphatic heterocycles. The minimum atomic E-state index is -0.175. The summed E-state index contributed by atoms with van der Waals surface area (Å²) < 4.78 is 1.32. The van der Waals surface area contributed by atoms with Crippen LogP contribution in [0.4, 0.5) is 5.82 Å². The van der Waals surface area contributed by atoms with Crippen molar-refractivity contribution in [2.75, 3.05) is 5.73 Å². The van der Waals surface area contributed by atoms with Crippen molar-refractivity contribution in [3.8, 4) is 11.3 Å². The van der Waals surface area contributed by atoms with E-state index in [1.807, 2.05) is 30.3 Å². The lowest BCUT2D eigenvalue weighted by atomic mass is 10.1. The first-order chi connectivity index (χ1) is 8.24. The Morgan fingerprint density at radius 1 is 1.18 bits per heavy atom. The summed E-state index contributed by atoms with van der Waals surface area (Å²) in [5.74, 6) is 0.416. The van der Waals surface area contributed by atoms with E-state index in [0.29, 0.717) is 17.2 Å². The number of nitrogens with zero attached hydrogens (tertiary/aromatic N) is 2. The van der Waals surface area contributed by atoms with Crippen LogP contribution in [0.1, 0.15) is 0 Å². The first kappa shape index (κ1) is 9.65. The molecule has 1 aromatic carbocycles. The van der Waals surface area contributed by atoms with E-state index < -0.39 is 0 Å². The summed E-state index contributed by atoms with van der Waals surface area (Å²) in [4.78, 5) is 16.2. The summed E-state index contributed by atoms with van der Waals surface area (Å²) >= 11 is 0. The number of aromatic amines is 1. The Morgan fingerprint density at radius 2 is 1.94 bits per heavy atom. The van der Waals surface area contributed by atoms with Crippen LogP contribution in [0.5, 0.6) is 0 Å². The van der Waals surface area contributed by atoms with Crippen LogP contribution < -0.4 is 11.3 Å². The van der Waals surface area contributed by atoms with E-state index in [4.69, 9.17) is 5.73 Å². The molecule has 0 saturated heterocycles. The maximum absolute atomic E-state index is 11.8. The molecule has 0 atom stereocenters. The van der Waals surface area contributed by atoms with E-state index in [1.54, 1.807) is 6.07 Å². The number of nitrogen functional groups attached to an aromatic ring is 1. The highest BCUT2D eigenvalue weighted by Gasteiger charge is 2.05. The second kappa shape index (κ2) is 3.48. The molecule has 2 aromatic heterocycles.